The number of aliphatic hydroxyl groups is 2. The summed E-state index contributed by atoms with van der Waals surface area (Å²) in [6.45, 7) is 8.14. The summed E-state index contributed by atoms with van der Waals surface area (Å²) in [4.78, 5) is 27.6. The third-order valence-electron chi connectivity index (χ3n) is 5.64. The van der Waals surface area contributed by atoms with Crippen LogP contribution < -0.4 is 9.47 Å². The summed E-state index contributed by atoms with van der Waals surface area (Å²) in [7, 11) is 0. The molecule has 1 heterocycles. The summed E-state index contributed by atoms with van der Waals surface area (Å²) >= 11 is 0. The normalized spacial score (nSPS) is 17.5. The van der Waals surface area contributed by atoms with Gasteiger partial charge in [-0.05, 0) is 68.7 Å². The van der Waals surface area contributed by atoms with E-state index in [1.54, 1.807) is 42.5 Å². The van der Waals surface area contributed by atoms with E-state index in [0.717, 1.165) is 18.4 Å². The monoisotopic (exact) mass is 467 g/mol. The van der Waals surface area contributed by atoms with Gasteiger partial charge in [0.1, 0.15) is 23.9 Å². The number of hydrogen-bond donors (Lipinski definition) is 2. The van der Waals surface area contributed by atoms with Crippen molar-refractivity contribution < 1.29 is 29.3 Å². The lowest BCUT2D eigenvalue weighted by atomic mass is 9.94. The minimum absolute atomic E-state index is 0.00219. The number of carbonyl (C=O) groups excluding carboxylic acids is 2. The van der Waals surface area contributed by atoms with Crippen molar-refractivity contribution in [2.75, 3.05) is 19.8 Å². The van der Waals surface area contributed by atoms with Crippen LogP contribution in [-0.4, -0.2) is 52.7 Å². The topological polar surface area (TPSA) is 96.3 Å². The summed E-state index contributed by atoms with van der Waals surface area (Å²) < 4.78 is 11.3. The maximum Gasteiger partial charge on any atom is 0.295 e. The fourth-order valence-corrected chi connectivity index (χ4v) is 4.06. The number of aryl methyl sites for hydroxylation is 1. The molecular formula is C27H33NO6. The van der Waals surface area contributed by atoms with Gasteiger partial charge in [-0.3, -0.25) is 9.59 Å². The fourth-order valence-electron chi connectivity index (χ4n) is 4.06. The molecule has 1 aliphatic rings. The lowest BCUT2D eigenvalue weighted by Gasteiger charge is -2.25. The summed E-state index contributed by atoms with van der Waals surface area (Å²) in [6.07, 6.45) is 1.58. The van der Waals surface area contributed by atoms with E-state index < -0.39 is 17.7 Å². The van der Waals surface area contributed by atoms with Crippen molar-refractivity contribution in [3.8, 4) is 11.5 Å². The molecule has 2 N–H and O–H groups in total. The second-order valence-corrected chi connectivity index (χ2v) is 8.64. The van der Waals surface area contributed by atoms with Crippen molar-refractivity contribution in [1.82, 2.24) is 4.90 Å². The maximum absolute atomic E-state index is 13.1. The number of Topliss-reactive ketones (excluding diaryl/α,β-unsaturated/α-hetero) is 1. The van der Waals surface area contributed by atoms with E-state index >= 15 is 0 Å². The zero-order chi connectivity index (χ0) is 24.8. The molecule has 1 atom stereocenters. The first-order valence-corrected chi connectivity index (χ1v) is 11.7. The molecule has 0 saturated carbocycles. The second-order valence-electron chi connectivity index (χ2n) is 8.64. The average Bonchev–Trinajstić information content (AvgIpc) is 3.07. The molecule has 1 aliphatic heterocycles. The summed E-state index contributed by atoms with van der Waals surface area (Å²) in [5, 5.41) is 20.3. The summed E-state index contributed by atoms with van der Waals surface area (Å²) in [6, 6.07) is 11.5. The largest absolute Gasteiger partial charge is 0.507 e. The second kappa shape index (κ2) is 11.2. The van der Waals surface area contributed by atoms with Gasteiger partial charge in [0.15, 0.2) is 0 Å². The molecule has 1 amide bonds. The van der Waals surface area contributed by atoms with Crippen LogP contribution in [0.4, 0.5) is 0 Å². The first-order chi connectivity index (χ1) is 16.3. The van der Waals surface area contributed by atoms with Crippen LogP contribution in [0.15, 0.2) is 48.0 Å². The number of rotatable bonds is 10. The molecule has 0 spiro atoms. The minimum atomic E-state index is -0.740. The van der Waals surface area contributed by atoms with Crippen LogP contribution >= 0.6 is 0 Å². The lowest BCUT2D eigenvalue weighted by Crippen LogP contribution is -2.30. The Bertz CT molecular complexity index is 1070. The number of hydrogen-bond acceptors (Lipinski definition) is 6. The molecule has 1 saturated heterocycles. The lowest BCUT2D eigenvalue weighted by molar-refractivity contribution is -0.139. The summed E-state index contributed by atoms with van der Waals surface area (Å²) in [5.41, 5.74) is 1.97. The van der Waals surface area contributed by atoms with E-state index in [9.17, 15) is 14.7 Å². The van der Waals surface area contributed by atoms with Crippen LogP contribution in [0.3, 0.4) is 0 Å². The van der Waals surface area contributed by atoms with Gasteiger partial charge in [0.25, 0.3) is 11.7 Å². The highest BCUT2D eigenvalue weighted by Crippen LogP contribution is 2.40. The predicted octanol–water partition coefficient (Wildman–Crippen LogP) is 4.38. The molecule has 7 heteroatoms. The Balaban J connectivity index is 2.11. The first kappa shape index (κ1) is 25.3. The van der Waals surface area contributed by atoms with Gasteiger partial charge in [-0.25, -0.2) is 0 Å². The number of carbonyl (C=O) groups is 2. The van der Waals surface area contributed by atoms with Gasteiger partial charge in [-0.1, -0.05) is 25.5 Å². The van der Waals surface area contributed by atoms with Crippen molar-refractivity contribution in [3.63, 3.8) is 0 Å². The molecule has 2 aromatic carbocycles. The van der Waals surface area contributed by atoms with Crippen molar-refractivity contribution in [1.29, 1.82) is 0 Å². The molecule has 3 rings (SSSR count). The Labute approximate surface area is 200 Å². The van der Waals surface area contributed by atoms with Crippen LogP contribution in [0, 0.1) is 6.92 Å². The highest BCUT2D eigenvalue weighted by Gasteiger charge is 2.45. The number of unbranched alkanes of at least 4 members (excludes halogenated alkanes) is 1. The predicted molar refractivity (Wildman–Crippen MR) is 130 cm³/mol. The fraction of sp³-hybridized carbons (Fsp3) is 0.407. The SMILES string of the molecule is CCCCN1C(=O)C(=O)/C(=C(/O)c2ccc(OC(C)C)c(C)c2)C1c1cccc(OCCO)c1. The van der Waals surface area contributed by atoms with E-state index in [4.69, 9.17) is 14.6 Å². The third-order valence-corrected chi connectivity index (χ3v) is 5.64. The van der Waals surface area contributed by atoms with Gasteiger partial charge in [0.2, 0.25) is 0 Å². The molecule has 7 nitrogen and oxygen atoms in total. The van der Waals surface area contributed by atoms with E-state index in [1.807, 2.05) is 27.7 Å². The number of benzene rings is 2. The van der Waals surface area contributed by atoms with E-state index in [0.29, 0.717) is 29.2 Å². The highest BCUT2D eigenvalue weighted by molar-refractivity contribution is 6.46. The van der Waals surface area contributed by atoms with Crippen molar-refractivity contribution >= 4 is 17.4 Å². The molecular weight excluding hydrogens is 434 g/mol. The molecule has 2 aromatic rings. The van der Waals surface area contributed by atoms with Gasteiger partial charge in [0, 0.05) is 12.1 Å². The molecule has 0 bridgehead atoms. The number of ketones is 1. The third kappa shape index (κ3) is 5.42. The quantitative estimate of drug-likeness (QED) is 0.306. The number of aliphatic hydroxyl groups excluding tert-OH is 2. The molecule has 1 unspecified atom stereocenters. The van der Waals surface area contributed by atoms with Gasteiger partial charge in [-0.15, -0.1) is 0 Å². The number of ether oxygens (including phenoxy) is 2. The number of likely N-dealkylation sites (tertiary alicyclic amines) is 1. The van der Waals surface area contributed by atoms with Crippen molar-refractivity contribution in [3.05, 3.63) is 64.7 Å². The van der Waals surface area contributed by atoms with Crippen molar-refractivity contribution in [2.24, 2.45) is 0 Å². The highest BCUT2D eigenvalue weighted by atomic mass is 16.5. The van der Waals surface area contributed by atoms with Gasteiger partial charge in [-0.2, -0.15) is 0 Å². The minimum Gasteiger partial charge on any atom is -0.507 e. The molecule has 182 valence electrons. The molecule has 34 heavy (non-hydrogen) atoms. The van der Waals surface area contributed by atoms with Gasteiger partial charge >= 0.3 is 0 Å². The van der Waals surface area contributed by atoms with Crippen molar-refractivity contribution in [2.45, 2.75) is 52.7 Å². The smallest absolute Gasteiger partial charge is 0.295 e. The molecule has 0 radical (unpaired) electrons. The first-order valence-electron chi connectivity index (χ1n) is 11.7. The van der Waals surface area contributed by atoms with Crippen LogP contribution in [0.1, 0.15) is 56.3 Å². The zero-order valence-electron chi connectivity index (χ0n) is 20.2. The van der Waals surface area contributed by atoms with Gasteiger partial charge < -0.3 is 24.6 Å². The average molecular weight is 468 g/mol. The number of nitrogens with zero attached hydrogens (tertiary/aromatic N) is 1. The number of amides is 1. The van der Waals surface area contributed by atoms with E-state index in [-0.39, 0.29) is 30.6 Å². The molecule has 0 aromatic heterocycles. The Hall–Kier alpha value is -3.32. The Morgan fingerprint density at radius 2 is 1.91 bits per heavy atom. The summed E-state index contributed by atoms with van der Waals surface area (Å²) in [5.74, 6) is -0.347. The van der Waals surface area contributed by atoms with Crippen LogP contribution in [0.5, 0.6) is 11.5 Å². The Morgan fingerprint density at radius 1 is 1.15 bits per heavy atom. The Morgan fingerprint density at radius 3 is 2.56 bits per heavy atom. The van der Waals surface area contributed by atoms with Crippen LogP contribution in [0.25, 0.3) is 5.76 Å². The molecule has 0 aliphatic carbocycles. The van der Waals surface area contributed by atoms with Crippen LogP contribution in [0.2, 0.25) is 0 Å². The maximum atomic E-state index is 13.1. The van der Waals surface area contributed by atoms with E-state index in [1.165, 1.54) is 4.90 Å². The van der Waals surface area contributed by atoms with Gasteiger partial charge in [0.05, 0.1) is 24.3 Å². The molecule has 1 fully saturated rings. The van der Waals surface area contributed by atoms with Crippen LogP contribution in [-0.2, 0) is 9.59 Å². The van der Waals surface area contributed by atoms with E-state index in [2.05, 4.69) is 0 Å². The standard InChI is InChI=1S/C27H33NO6/c1-5-6-12-28-24(19-8-7-9-21(16-19)33-14-13-29)23(26(31)27(28)32)25(30)20-10-11-22(18(4)15-20)34-17(2)3/h7-11,15-17,24,29-30H,5-6,12-14H2,1-4H3/b25-23+. The zero-order valence-corrected chi connectivity index (χ0v) is 20.2. The Kier molecular flexibility index (Phi) is 8.34.